The fraction of sp³-hybridized carbons (Fsp3) is 0.410. The van der Waals surface area contributed by atoms with Gasteiger partial charge in [0.15, 0.2) is 0 Å². The summed E-state index contributed by atoms with van der Waals surface area (Å²) in [5.74, 6) is -1.00. The summed E-state index contributed by atoms with van der Waals surface area (Å²) in [4.78, 5) is 39.7. The molecule has 8 nitrogen and oxygen atoms in total. The number of nitrogens with one attached hydrogen (secondary N) is 2. The van der Waals surface area contributed by atoms with Crippen molar-refractivity contribution in [2.75, 3.05) is 13.2 Å². The van der Waals surface area contributed by atoms with Crippen molar-refractivity contribution in [2.24, 2.45) is 11.8 Å². The summed E-state index contributed by atoms with van der Waals surface area (Å²) in [6.45, 7) is 3.88. The van der Waals surface area contributed by atoms with E-state index in [1.165, 1.54) is 0 Å². The van der Waals surface area contributed by atoms with Crippen LogP contribution >= 0.6 is 0 Å². The number of hydrogen-bond acceptors (Lipinski definition) is 6. The summed E-state index contributed by atoms with van der Waals surface area (Å²) in [5.41, 5.74) is 2.29. The van der Waals surface area contributed by atoms with Crippen LogP contribution in [0.1, 0.15) is 62.6 Å². The largest absolute Gasteiger partial charge is 0.489 e. The van der Waals surface area contributed by atoms with Gasteiger partial charge in [-0.15, -0.1) is 0 Å². The predicted octanol–water partition coefficient (Wildman–Crippen LogP) is 5.72. The molecule has 0 saturated carbocycles. The average molecular weight is 641 g/mol. The lowest BCUT2D eigenvalue weighted by Crippen LogP contribution is -2.50. The number of cyclic esters (lactones) is 1. The molecule has 4 rings (SSSR count). The maximum atomic E-state index is 13.4. The van der Waals surface area contributed by atoms with E-state index >= 15 is 0 Å². The van der Waals surface area contributed by atoms with Crippen LogP contribution < -0.4 is 15.4 Å². The Morgan fingerprint density at radius 1 is 0.936 bits per heavy atom. The van der Waals surface area contributed by atoms with Crippen molar-refractivity contribution in [3.05, 3.63) is 114 Å². The van der Waals surface area contributed by atoms with Crippen LogP contribution in [0, 0.1) is 11.8 Å². The third-order valence-electron chi connectivity index (χ3n) is 8.25. The summed E-state index contributed by atoms with van der Waals surface area (Å²) in [5, 5.41) is 15.9. The highest BCUT2D eigenvalue weighted by Crippen LogP contribution is 2.21. The topological polar surface area (TPSA) is 114 Å². The minimum atomic E-state index is -0.822. The SMILES string of the molecule is CC1(C)COC(=O)C(Cc2ccccc2)CCCC=CCC(CC(=O)NC(CO)Cc2ccc(OCc3ccccc3)cc2)C(=O)N1. The molecule has 0 bridgehead atoms. The molecule has 3 unspecified atom stereocenters. The van der Waals surface area contributed by atoms with E-state index < -0.39 is 17.5 Å². The Labute approximate surface area is 278 Å². The molecule has 1 aliphatic heterocycles. The second kappa shape index (κ2) is 18.0. The average Bonchev–Trinajstić information content (AvgIpc) is 3.07. The smallest absolute Gasteiger partial charge is 0.309 e. The Bertz CT molecular complexity index is 1440. The molecule has 2 amide bonds. The molecule has 0 radical (unpaired) electrons. The van der Waals surface area contributed by atoms with Gasteiger partial charge in [-0.2, -0.15) is 0 Å². The van der Waals surface area contributed by atoms with Crippen LogP contribution in [0.2, 0.25) is 0 Å². The van der Waals surface area contributed by atoms with E-state index in [9.17, 15) is 19.5 Å². The Morgan fingerprint density at radius 3 is 2.30 bits per heavy atom. The normalized spacial score (nSPS) is 19.5. The zero-order chi connectivity index (χ0) is 33.5. The summed E-state index contributed by atoms with van der Waals surface area (Å²) < 4.78 is 11.6. The molecule has 250 valence electrons. The fourth-order valence-corrected chi connectivity index (χ4v) is 5.61. The summed E-state index contributed by atoms with van der Waals surface area (Å²) in [6, 6.07) is 26.9. The van der Waals surface area contributed by atoms with Gasteiger partial charge in [-0.05, 0) is 81.2 Å². The third kappa shape index (κ3) is 12.4. The number of aliphatic hydroxyl groups is 1. The molecule has 47 heavy (non-hydrogen) atoms. The van der Waals surface area contributed by atoms with Crippen LogP contribution in [0.5, 0.6) is 5.75 Å². The number of rotatable bonds is 11. The molecule has 3 aromatic rings. The number of hydrogen-bond donors (Lipinski definition) is 3. The molecule has 0 spiro atoms. The van der Waals surface area contributed by atoms with Crippen molar-refractivity contribution in [1.82, 2.24) is 10.6 Å². The molecule has 0 aliphatic carbocycles. The van der Waals surface area contributed by atoms with Gasteiger partial charge in [-0.25, -0.2) is 0 Å². The van der Waals surface area contributed by atoms with E-state index in [1.54, 1.807) is 0 Å². The van der Waals surface area contributed by atoms with Gasteiger partial charge in [0.1, 0.15) is 19.0 Å². The third-order valence-corrected chi connectivity index (χ3v) is 8.25. The van der Waals surface area contributed by atoms with Crippen LogP contribution in [0.15, 0.2) is 97.1 Å². The van der Waals surface area contributed by atoms with E-state index in [1.807, 2.05) is 111 Å². The second-order valence-corrected chi connectivity index (χ2v) is 13.0. The second-order valence-electron chi connectivity index (χ2n) is 13.0. The van der Waals surface area contributed by atoms with Crippen molar-refractivity contribution in [3.63, 3.8) is 0 Å². The number of carbonyl (C=O) groups is 3. The molecule has 3 atom stereocenters. The van der Waals surface area contributed by atoms with Crippen LogP contribution in [-0.4, -0.2) is 47.7 Å². The number of ether oxygens (including phenoxy) is 2. The maximum Gasteiger partial charge on any atom is 0.309 e. The first kappa shape index (κ1) is 35.4. The lowest BCUT2D eigenvalue weighted by Gasteiger charge is -2.29. The van der Waals surface area contributed by atoms with Crippen molar-refractivity contribution in [3.8, 4) is 5.75 Å². The van der Waals surface area contributed by atoms with E-state index in [2.05, 4.69) is 10.6 Å². The van der Waals surface area contributed by atoms with Crippen LogP contribution in [-0.2, 0) is 38.6 Å². The molecule has 3 N–H and O–H groups in total. The number of amides is 2. The van der Waals surface area contributed by atoms with Gasteiger partial charge in [0, 0.05) is 6.42 Å². The van der Waals surface area contributed by atoms with Crippen molar-refractivity contribution in [1.29, 1.82) is 0 Å². The van der Waals surface area contributed by atoms with Gasteiger partial charge in [0.2, 0.25) is 11.8 Å². The molecule has 0 aromatic heterocycles. The summed E-state index contributed by atoms with van der Waals surface area (Å²) in [6.07, 6.45) is 7.64. The zero-order valence-electron chi connectivity index (χ0n) is 27.5. The number of carbonyl (C=O) groups excluding carboxylic acids is 3. The molecule has 0 fully saturated rings. The first-order valence-corrected chi connectivity index (χ1v) is 16.5. The first-order chi connectivity index (χ1) is 22.7. The van der Waals surface area contributed by atoms with Gasteiger partial charge >= 0.3 is 5.97 Å². The highest BCUT2D eigenvalue weighted by atomic mass is 16.5. The number of esters is 1. The maximum absolute atomic E-state index is 13.4. The molecular weight excluding hydrogens is 592 g/mol. The predicted molar refractivity (Wildman–Crippen MR) is 182 cm³/mol. The van der Waals surface area contributed by atoms with Crippen LogP contribution in [0.3, 0.4) is 0 Å². The fourth-order valence-electron chi connectivity index (χ4n) is 5.61. The molecular formula is C39H48N2O6. The Hall–Kier alpha value is -4.43. The van der Waals surface area contributed by atoms with E-state index in [4.69, 9.17) is 9.47 Å². The van der Waals surface area contributed by atoms with Crippen LogP contribution in [0.4, 0.5) is 0 Å². The summed E-state index contributed by atoms with van der Waals surface area (Å²) >= 11 is 0. The highest BCUT2D eigenvalue weighted by Gasteiger charge is 2.30. The van der Waals surface area contributed by atoms with Crippen LogP contribution in [0.25, 0.3) is 0 Å². The Morgan fingerprint density at radius 2 is 1.62 bits per heavy atom. The zero-order valence-corrected chi connectivity index (χ0v) is 27.5. The minimum Gasteiger partial charge on any atom is -0.489 e. The molecule has 0 saturated heterocycles. The standard InChI is InChI=1S/C39H48N2O6/c1-39(2)28-47-38(45)33(23-29-13-7-5-8-14-29)18-12-4-3-11-17-32(37(44)41-39)25-36(43)40-34(26-42)24-30-19-21-35(22-20-30)46-27-31-15-9-6-10-16-31/h3,5-11,13-16,19-22,32-34,42H,4,12,17-18,23-28H2,1-2H3,(H,40,43)(H,41,44). The lowest BCUT2D eigenvalue weighted by atomic mass is 9.93. The van der Waals surface area contributed by atoms with Gasteiger partial charge in [-0.3, -0.25) is 14.4 Å². The number of allylic oxidation sites excluding steroid dienone is 2. The lowest BCUT2D eigenvalue weighted by molar-refractivity contribution is -0.151. The molecule has 8 heteroatoms. The number of benzene rings is 3. The summed E-state index contributed by atoms with van der Waals surface area (Å²) in [7, 11) is 0. The highest BCUT2D eigenvalue weighted by molar-refractivity contribution is 5.86. The van der Waals surface area contributed by atoms with E-state index in [0.717, 1.165) is 35.3 Å². The van der Waals surface area contributed by atoms with E-state index in [-0.39, 0.29) is 43.3 Å². The quantitative estimate of drug-likeness (QED) is 0.183. The van der Waals surface area contributed by atoms with Crippen molar-refractivity contribution in [2.45, 2.75) is 77.0 Å². The minimum absolute atomic E-state index is 0.0281. The molecule has 3 aromatic carbocycles. The number of aliphatic hydroxyl groups excluding tert-OH is 1. The van der Waals surface area contributed by atoms with Gasteiger partial charge in [0.05, 0.1) is 30.0 Å². The van der Waals surface area contributed by atoms with Gasteiger partial charge in [-0.1, -0.05) is 84.9 Å². The van der Waals surface area contributed by atoms with Gasteiger partial charge < -0.3 is 25.2 Å². The van der Waals surface area contributed by atoms with E-state index in [0.29, 0.717) is 32.3 Å². The first-order valence-electron chi connectivity index (χ1n) is 16.5. The Balaban J connectivity index is 1.32. The van der Waals surface area contributed by atoms with Gasteiger partial charge in [0.25, 0.3) is 0 Å². The van der Waals surface area contributed by atoms with Crippen molar-refractivity contribution < 1.29 is 29.0 Å². The molecule has 1 heterocycles. The Kier molecular flexibility index (Phi) is 13.6. The monoisotopic (exact) mass is 640 g/mol. The van der Waals surface area contributed by atoms with Crippen molar-refractivity contribution >= 4 is 17.8 Å². The molecule has 1 aliphatic rings.